The van der Waals surface area contributed by atoms with Gasteiger partial charge in [-0.2, -0.15) is 0 Å². The zero-order valence-corrected chi connectivity index (χ0v) is 13.2. The standard InChI is InChI=1S/C9H19NO6S.Na/c11-6-8-4-7(12)5-9(16-8)10-2-1-3-17(13,14)15;/h7-12H,1-6H2,(H,13,14,15);/q;+1/p-1. The summed E-state index contributed by atoms with van der Waals surface area (Å²) in [7, 11) is -4.17. The largest absolute Gasteiger partial charge is 1.00 e. The van der Waals surface area contributed by atoms with E-state index in [1.807, 2.05) is 0 Å². The minimum atomic E-state index is -4.17. The Morgan fingerprint density at radius 1 is 1.39 bits per heavy atom. The van der Waals surface area contributed by atoms with Crippen molar-refractivity contribution in [1.82, 2.24) is 5.32 Å². The van der Waals surface area contributed by atoms with E-state index in [0.717, 1.165) is 0 Å². The Labute approximate surface area is 129 Å². The molecule has 1 rings (SSSR count). The second-order valence-corrected chi connectivity index (χ2v) is 5.65. The van der Waals surface area contributed by atoms with Gasteiger partial charge in [0.25, 0.3) is 0 Å². The fraction of sp³-hybridized carbons (Fsp3) is 1.00. The van der Waals surface area contributed by atoms with Gasteiger partial charge in [0.1, 0.15) is 6.23 Å². The maximum absolute atomic E-state index is 10.3. The summed E-state index contributed by atoms with van der Waals surface area (Å²) >= 11 is 0. The summed E-state index contributed by atoms with van der Waals surface area (Å²) in [6.45, 7) is 0.154. The summed E-state index contributed by atoms with van der Waals surface area (Å²) < 4.78 is 36.4. The topological polar surface area (TPSA) is 119 Å². The van der Waals surface area contributed by atoms with Gasteiger partial charge in [-0.05, 0) is 13.0 Å². The quantitative estimate of drug-likeness (QED) is 0.256. The van der Waals surface area contributed by atoms with Crippen LogP contribution in [0.1, 0.15) is 19.3 Å². The Morgan fingerprint density at radius 3 is 2.61 bits per heavy atom. The molecule has 0 radical (unpaired) electrons. The summed E-state index contributed by atoms with van der Waals surface area (Å²) in [6.07, 6.45) is -0.373. The SMILES string of the molecule is O=S(=O)([O-])CCCNC1CC(O)CC(CO)O1.[Na+]. The van der Waals surface area contributed by atoms with Crippen LogP contribution in [0, 0.1) is 0 Å². The molecule has 1 aliphatic heterocycles. The number of ether oxygens (including phenoxy) is 1. The summed E-state index contributed by atoms with van der Waals surface area (Å²) in [5, 5.41) is 21.3. The van der Waals surface area contributed by atoms with Crippen molar-refractivity contribution in [3.63, 3.8) is 0 Å². The van der Waals surface area contributed by atoms with Gasteiger partial charge in [-0.15, -0.1) is 0 Å². The molecule has 102 valence electrons. The monoisotopic (exact) mass is 291 g/mol. The maximum atomic E-state index is 10.3. The summed E-state index contributed by atoms with van der Waals surface area (Å²) in [5.41, 5.74) is 0. The Kier molecular flexibility index (Phi) is 9.20. The third-order valence-corrected chi connectivity index (χ3v) is 3.31. The first-order chi connectivity index (χ1) is 7.90. The van der Waals surface area contributed by atoms with E-state index in [2.05, 4.69) is 5.32 Å². The van der Waals surface area contributed by atoms with Crippen LogP contribution in [-0.2, 0) is 14.9 Å². The molecule has 0 aliphatic carbocycles. The van der Waals surface area contributed by atoms with E-state index in [1.165, 1.54) is 0 Å². The van der Waals surface area contributed by atoms with Crippen molar-refractivity contribution in [1.29, 1.82) is 0 Å². The van der Waals surface area contributed by atoms with Crippen LogP contribution < -0.4 is 34.9 Å². The molecule has 0 spiro atoms. The predicted octanol–water partition coefficient (Wildman–Crippen LogP) is -4.63. The summed E-state index contributed by atoms with van der Waals surface area (Å²) in [6, 6.07) is 0. The van der Waals surface area contributed by atoms with Crippen molar-refractivity contribution in [2.75, 3.05) is 18.9 Å². The molecular weight excluding hydrogens is 273 g/mol. The molecule has 3 N–H and O–H groups in total. The second-order valence-electron chi connectivity index (χ2n) is 4.12. The van der Waals surface area contributed by atoms with Crippen molar-refractivity contribution in [2.24, 2.45) is 0 Å². The Morgan fingerprint density at radius 2 is 2.06 bits per heavy atom. The molecule has 0 bridgehead atoms. The molecule has 0 aromatic carbocycles. The van der Waals surface area contributed by atoms with Gasteiger partial charge in [-0.1, -0.05) is 0 Å². The molecule has 7 nitrogen and oxygen atoms in total. The number of aliphatic hydroxyl groups is 2. The van der Waals surface area contributed by atoms with Crippen LogP contribution in [0.4, 0.5) is 0 Å². The van der Waals surface area contributed by atoms with Crippen LogP contribution >= 0.6 is 0 Å². The number of hydrogen-bond acceptors (Lipinski definition) is 7. The Balaban J connectivity index is 0.00000289. The van der Waals surface area contributed by atoms with Crippen LogP contribution in [0.25, 0.3) is 0 Å². The van der Waals surface area contributed by atoms with E-state index in [9.17, 15) is 18.1 Å². The van der Waals surface area contributed by atoms with Crippen molar-refractivity contribution in [3.8, 4) is 0 Å². The molecule has 0 aromatic rings. The molecule has 1 aliphatic rings. The summed E-state index contributed by atoms with van der Waals surface area (Å²) in [5.74, 6) is -0.418. The van der Waals surface area contributed by atoms with Crippen molar-refractivity contribution < 1.29 is 57.5 Å². The number of nitrogens with one attached hydrogen (secondary N) is 1. The minimum Gasteiger partial charge on any atom is -0.748 e. The van der Waals surface area contributed by atoms with E-state index in [0.29, 0.717) is 19.4 Å². The third-order valence-electron chi connectivity index (χ3n) is 2.52. The van der Waals surface area contributed by atoms with Crippen molar-refractivity contribution in [3.05, 3.63) is 0 Å². The smallest absolute Gasteiger partial charge is 0.748 e. The van der Waals surface area contributed by atoms with Crippen molar-refractivity contribution >= 4 is 10.1 Å². The predicted molar refractivity (Wildman–Crippen MR) is 58.2 cm³/mol. The van der Waals surface area contributed by atoms with E-state index < -0.39 is 34.3 Å². The fourth-order valence-corrected chi connectivity index (χ4v) is 2.25. The molecular formula is C9H18NNaO6S. The normalized spacial score (nSPS) is 28.7. The van der Waals surface area contributed by atoms with Gasteiger partial charge in [-0.3, -0.25) is 5.32 Å². The van der Waals surface area contributed by atoms with Crippen LogP contribution in [0.2, 0.25) is 0 Å². The van der Waals surface area contributed by atoms with E-state index >= 15 is 0 Å². The van der Waals surface area contributed by atoms with Crippen molar-refractivity contribution in [2.45, 2.75) is 37.7 Å². The molecule has 3 atom stereocenters. The molecule has 0 amide bonds. The van der Waals surface area contributed by atoms with E-state index in [-0.39, 0.29) is 42.6 Å². The Hall–Kier alpha value is 0.750. The molecule has 0 aromatic heterocycles. The van der Waals surface area contributed by atoms with Crippen LogP contribution in [0.15, 0.2) is 0 Å². The zero-order chi connectivity index (χ0) is 12.9. The van der Waals surface area contributed by atoms with E-state index in [1.54, 1.807) is 0 Å². The first-order valence-corrected chi connectivity index (χ1v) is 7.10. The van der Waals surface area contributed by atoms with Gasteiger partial charge < -0.3 is 19.5 Å². The third kappa shape index (κ3) is 8.03. The summed E-state index contributed by atoms with van der Waals surface area (Å²) in [4.78, 5) is 0. The first kappa shape index (κ1) is 18.8. The van der Waals surface area contributed by atoms with Gasteiger partial charge in [0.2, 0.25) is 0 Å². The van der Waals surface area contributed by atoms with Gasteiger partial charge in [0.15, 0.2) is 0 Å². The van der Waals surface area contributed by atoms with E-state index in [4.69, 9.17) is 9.84 Å². The molecule has 18 heavy (non-hydrogen) atoms. The maximum Gasteiger partial charge on any atom is 1.00 e. The fourth-order valence-electron chi connectivity index (χ4n) is 1.75. The average Bonchev–Trinajstić information content (AvgIpc) is 2.22. The van der Waals surface area contributed by atoms with Crippen LogP contribution in [0.3, 0.4) is 0 Å². The number of aliphatic hydroxyl groups excluding tert-OH is 2. The van der Waals surface area contributed by atoms with Crippen LogP contribution in [0.5, 0.6) is 0 Å². The molecule has 1 saturated heterocycles. The molecule has 1 fully saturated rings. The molecule has 0 saturated carbocycles. The van der Waals surface area contributed by atoms with Gasteiger partial charge >= 0.3 is 29.6 Å². The second kappa shape index (κ2) is 8.83. The zero-order valence-electron chi connectivity index (χ0n) is 10.4. The first-order valence-electron chi connectivity index (χ1n) is 5.52. The average molecular weight is 291 g/mol. The van der Waals surface area contributed by atoms with Gasteiger partial charge in [0, 0.05) is 18.6 Å². The molecule has 1 heterocycles. The van der Waals surface area contributed by atoms with Gasteiger partial charge in [-0.25, -0.2) is 8.42 Å². The number of hydrogen-bond donors (Lipinski definition) is 3. The Bertz CT molecular complexity index is 325. The number of rotatable bonds is 6. The van der Waals surface area contributed by atoms with Crippen LogP contribution in [-0.4, -0.2) is 60.5 Å². The molecule has 3 unspecified atom stereocenters. The minimum absolute atomic E-state index is 0. The van der Waals surface area contributed by atoms with Gasteiger partial charge in [0.05, 0.1) is 28.9 Å². The molecule has 9 heteroatoms.